The van der Waals surface area contributed by atoms with Gasteiger partial charge in [-0.25, -0.2) is 0 Å². The second kappa shape index (κ2) is 12.3. The highest BCUT2D eigenvalue weighted by atomic mass is 127. The smallest absolute Gasteiger partial charge is 0.192 e. The van der Waals surface area contributed by atoms with Crippen molar-refractivity contribution in [3.63, 3.8) is 0 Å². The lowest BCUT2D eigenvalue weighted by Crippen LogP contribution is -2.47. The summed E-state index contributed by atoms with van der Waals surface area (Å²) in [5.74, 6) is -0.691. The molecule has 6 nitrogen and oxygen atoms in total. The Bertz CT molecular complexity index is 530. The van der Waals surface area contributed by atoms with Crippen molar-refractivity contribution in [3.05, 3.63) is 22.3 Å². The van der Waals surface area contributed by atoms with E-state index in [1.165, 1.54) is 0 Å². The van der Waals surface area contributed by atoms with E-state index in [2.05, 4.69) is 56.5 Å². The fraction of sp³-hybridized carbons (Fsp3) is 0.810. The van der Waals surface area contributed by atoms with Gasteiger partial charge in [0.2, 0.25) is 0 Å². The Morgan fingerprint density at radius 2 is 1.83 bits per heavy atom. The van der Waals surface area contributed by atoms with Crippen molar-refractivity contribution in [1.29, 1.82) is 0 Å². The Labute approximate surface area is 191 Å². The Hall–Kier alpha value is 0.187. The Morgan fingerprint density at radius 1 is 1.14 bits per heavy atom. The average Bonchev–Trinajstić information content (AvgIpc) is 2.91. The minimum absolute atomic E-state index is 0.114. The van der Waals surface area contributed by atoms with E-state index in [4.69, 9.17) is 28.1 Å². The van der Waals surface area contributed by atoms with Crippen LogP contribution in [0.25, 0.3) is 0 Å². The molecule has 29 heavy (non-hydrogen) atoms. The molecule has 0 aliphatic carbocycles. The SMILES string of the molecule is COCCOCO[C@H](CO[Si](C)(C)C(C)(C)C)[C@H]1OC(C)(C)O[C@@H]1/C=C/C=C\I. The molecule has 1 rings (SSSR count). The summed E-state index contributed by atoms with van der Waals surface area (Å²) in [6.45, 7) is 16.6. The highest BCUT2D eigenvalue weighted by molar-refractivity contribution is 14.1. The first-order valence-electron chi connectivity index (χ1n) is 10.0. The molecular weight excluding hydrogens is 503 g/mol. The normalized spacial score (nSPS) is 24.0. The van der Waals surface area contributed by atoms with Gasteiger partial charge in [0.05, 0.1) is 19.8 Å². The van der Waals surface area contributed by atoms with E-state index in [-0.39, 0.29) is 30.1 Å². The summed E-state index contributed by atoms with van der Waals surface area (Å²) in [6.07, 6.45) is 5.09. The zero-order valence-electron chi connectivity index (χ0n) is 19.2. The largest absolute Gasteiger partial charge is 0.414 e. The number of hydrogen-bond acceptors (Lipinski definition) is 6. The lowest BCUT2D eigenvalue weighted by Gasteiger charge is -2.38. The van der Waals surface area contributed by atoms with Gasteiger partial charge in [-0.05, 0) is 36.1 Å². The highest BCUT2D eigenvalue weighted by Crippen LogP contribution is 2.38. The van der Waals surface area contributed by atoms with Crippen LogP contribution in [0.5, 0.6) is 0 Å². The molecule has 0 amide bonds. The molecule has 1 saturated heterocycles. The summed E-state index contributed by atoms with van der Waals surface area (Å²) in [6, 6.07) is 0. The number of ether oxygens (including phenoxy) is 5. The first kappa shape index (κ1) is 27.2. The minimum Gasteiger partial charge on any atom is -0.414 e. The van der Waals surface area contributed by atoms with Gasteiger partial charge < -0.3 is 28.1 Å². The number of allylic oxidation sites excluding steroid dienone is 2. The van der Waals surface area contributed by atoms with Crippen molar-refractivity contribution in [3.8, 4) is 0 Å². The third-order valence-electron chi connectivity index (χ3n) is 5.23. The number of methoxy groups -OCH3 is 1. The van der Waals surface area contributed by atoms with Crippen molar-refractivity contribution in [1.82, 2.24) is 0 Å². The van der Waals surface area contributed by atoms with Gasteiger partial charge in [0.1, 0.15) is 25.1 Å². The molecule has 1 fully saturated rings. The molecule has 1 heterocycles. The van der Waals surface area contributed by atoms with Crippen LogP contribution in [0.2, 0.25) is 18.1 Å². The fourth-order valence-electron chi connectivity index (χ4n) is 2.55. The molecule has 1 aliphatic heterocycles. The maximum absolute atomic E-state index is 6.45. The predicted octanol–water partition coefficient (Wildman–Crippen LogP) is 5.04. The van der Waals surface area contributed by atoms with Crippen LogP contribution in [-0.4, -0.2) is 66.1 Å². The maximum Gasteiger partial charge on any atom is 0.192 e. The van der Waals surface area contributed by atoms with Crippen LogP contribution in [0.15, 0.2) is 22.3 Å². The molecule has 0 aromatic carbocycles. The molecule has 1 aliphatic rings. The van der Waals surface area contributed by atoms with Gasteiger partial charge >= 0.3 is 0 Å². The van der Waals surface area contributed by atoms with Gasteiger partial charge in [0, 0.05) is 7.11 Å². The number of halogens is 1. The summed E-state index contributed by atoms with van der Waals surface area (Å²) in [7, 11) is -0.289. The van der Waals surface area contributed by atoms with Gasteiger partial charge in [-0.1, -0.05) is 61.6 Å². The van der Waals surface area contributed by atoms with Crippen molar-refractivity contribution >= 4 is 30.9 Å². The maximum atomic E-state index is 6.45. The number of rotatable bonds is 12. The topological polar surface area (TPSA) is 55.4 Å². The van der Waals surface area contributed by atoms with Crippen LogP contribution < -0.4 is 0 Å². The molecule has 0 N–H and O–H groups in total. The van der Waals surface area contributed by atoms with Crippen LogP contribution in [0.4, 0.5) is 0 Å². The van der Waals surface area contributed by atoms with E-state index in [9.17, 15) is 0 Å². The first-order valence-corrected chi connectivity index (χ1v) is 14.2. The Morgan fingerprint density at radius 3 is 2.41 bits per heavy atom. The van der Waals surface area contributed by atoms with E-state index in [0.29, 0.717) is 19.8 Å². The standard InChI is InChI=1S/C21H39IO6Si/c1-20(2,3)29(7,8)26-15-18(25-16-24-14-13-23-6)19-17(11-9-10-12-22)27-21(4,5)28-19/h9-12,17-19H,13-16H2,1-8H3/b11-9+,12-10-/t17-,18-,19+/m1/s1. The van der Waals surface area contributed by atoms with Gasteiger partial charge in [-0.2, -0.15) is 0 Å². The molecule has 0 unspecified atom stereocenters. The molecule has 0 bridgehead atoms. The van der Waals surface area contributed by atoms with Crippen LogP contribution in [0, 0.1) is 0 Å². The lowest BCUT2D eigenvalue weighted by atomic mass is 10.1. The summed E-state index contributed by atoms with van der Waals surface area (Å²) >= 11 is 2.19. The van der Waals surface area contributed by atoms with E-state index >= 15 is 0 Å². The molecule has 0 aromatic heterocycles. The second-order valence-corrected chi connectivity index (χ2v) is 14.6. The predicted molar refractivity (Wildman–Crippen MR) is 127 cm³/mol. The van der Waals surface area contributed by atoms with Crippen molar-refractivity contribution < 1.29 is 28.1 Å². The minimum atomic E-state index is -1.94. The van der Waals surface area contributed by atoms with Crippen LogP contribution in [0.1, 0.15) is 34.6 Å². The summed E-state index contributed by atoms with van der Waals surface area (Å²) in [5, 5.41) is 0.114. The molecule has 0 saturated carbocycles. The Balaban J connectivity index is 2.91. The van der Waals surface area contributed by atoms with E-state index < -0.39 is 14.1 Å². The average molecular weight is 543 g/mol. The van der Waals surface area contributed by atoms with Crippen molar-refractivity contribution in [2.75, 3.05) is 33.7 Å². The first-order chi connectivity index (χ1) is 13.4. The lowest BCUT2D eigenvalue weighted by molar-refractivity contribution is -0.178. The quantitative estimate of drug-likeness (QED) is 0.113. The molecular formula is C21H39IO6Si. The van der Waals surface area contributed by atoms with Crippen LogP contribution in [0.3, 0.4) is 0 Å². The van der Waals surface area contributed by atoms with Gasteiger partial charge in [-0.3, -0.25) is 0 Å². The van der Waals surface area contributed by atoms with E-state index in [1.807, 2.05) is 36.2 Å². The van der Waals surface area contributed by atoms with E-state index in [1.54, 1.807) is 7.11 Å². The van der Waals surface area contributed by atoms with Gasteiger partial charge in [0.15, 0.2) is 14.1 Å². The van der Waals surface area contributed by atoms with Crippen molar-refractivity contribution in [2.45, 2.75) is 76.8 Å². The molecule has 170 valence electrons. The third kappa shape index (κ3) is 9.47. The van der Waals surface area contributed by atoms with Crippen LogP contribution in [-0.2, 0) is 28.1 Å². The molecule has 0 radical (unpaired) electrons. The van der Waals surface area contributed by atoms with E-state index in [0.717, 1.165) is 0 Å². The highest BCUT2D eigenvalue weighted by Gasteiger charge is 2.46. The van der Waals surface area contributed by atoms with Gasteiger partial charge in [-0.15, -0.1) is 0 Å². The molecule has 3 atom stereocenters. The number of hydrogen-bond donors (Lipinski definition) is 0. The summed E-state index contributed by atoms with van der Waals surface area (Å²) < 4.78 is 37.3. The Kier molecular flexibility index (Phi) is 11.5. The summed E-state index contributed by atoms with van der Waals surface area (Å²) in [5.41, 5.74) is 0. The van der Waals surface area contributed by atoms with Crippen LogP contribution >= 0.6 is 22.6 Å². The third-order valence-corrected chi connectivity index (χ3v) is 10.1. The monoisotopic (exact) mass is 542 g/mol. The zero-order chi connectivity index (χ0) is 22.1. The van der Waals surface area contributed by atoms with Crippen molar-refractivity contribution in [2.24, 2.45) is 0 Å². The second-order valence-electron chi connectivity index (χ2n) is 9.06. The zero-order valence-corrected chi connectivity index (χ0v) is 22.4. The molecule has 0 aromatic rings. The molecule has 0 spiro atoms. The summed E-state index contributed by atoms with van der Waals surface area (Å²) in [4.78, 5) is 0. The fourth-order valence-corrected chi connectivity index (χ4v) is 3.80. The van der Waals surface area contributed by atoms with Gasteiger partial charge in [0.25, 0.3) is 0 Å². The molecule has 8 heteroatoms.